The van der Waals surface area contributed by atoms with Crippen LogP contribution in [0.4, 0.5) is 0 Å². The molecule has 2 aromatic rings. The fourth-order valence-corrected chi connectivity index (χ4v) is 3.24. The average molecular weight is 338 g/mol. The molecule has 5 nitrogen and oxygen atoms in total. The van der Waals surface area contributed by atoms with Crippen molar-refractivity contribution in [2.45, 2.75) is 39.3 Å². The first-order valence-electron chi connectivity index (χ1n) is 8.53. The van der Waals surface area contributed by atoms with Crippen LogP contribution in [0.3, 0.4) is 0 Å². The van der Waals surface area contributed by atoms with Crippen LogP contribution in [0.5, 0.6) is 5.75 Å². The van der Waals surface area contributed by atoms with E-state index in [4.69, 9.17) is 14.7 Å². The van der Waals surface area contributed by atoms with E-state index in [0.717, 1.165) is 37.4 Å². The Kier molecular flexibility index (Phi) is 5.20. The summed E-state index contributed by atoms with van der Waals surface area (Å²) in [6.45, 7) is 5.54. The maximum atomic E-state index is 12.6. The van der Waals surface area contributed by atoms with Crippen LogP contribution < -0.4 is 4.74 Å². The molecule has 0 radical (unpaired) electrons. The van der Waals surface area contributed by atoms with Crippen LogP contribution >= 0.6 is 0 Å². The van der Waals surface area contributed by atoms with Crippen molar-refractivity contribution in [1.29, 1.82) is 5.26 Å². The SMILES string of the molecule is Cc1cc(C(=O)COc2cccc(C#N)c2)c(C)n1C[C@H]1CCCO1. The monoisotopic (exact) mass is 338 g/mol. The van der Waals surface area contributed by atoms with Crippen LogP contribution in [0.2, 0.25) is 0 Å². The summed E-state index contributed by atoms with van der Waals surface area (Å²) < 4.78 is 13.4. The van der Waals surface area contributed by atoms with Gasteiger partial charge in [0.05, 0.1) is 17.7 Å². The fourth-order valence-electron chi connectivity index (χ4n) is 3.24. The molecule has 130 valence electrons. The summed E-state index contributed by atoms with van der Waals surface area (Å²) in [6.07, 6.45) is 2.40. The van der Waals surface area contributed by atoms with Crippen molar-refractivity contribution >= 4 is 5.78 Å². The van der Waals surface area contributed by atoms with Gasteiger partial charge in [-0.3, -0.25) is 4.79 Å². The van der Waals surface area contributed by atoms with Crippen molar-refractivity contribution in [2.24, 2.45) is 0 Å². The van der Waals surface area contributed by atoms with Crippen molar-refractivity contribution in [3.05, 3.63) is 52.8 Å². The molecule has 1 aromatic carbocycles. The summed E-state index contributed by atoms with van der Waals surface area (Å²) in [7, 11) is 0. The standard InChI is InChI=1S/C20H22N2O3/c1-14-9-19(15(2)22(14)12-18-7-4-8-24-18)20(23)13-25-17-6-3-5-16(10-17)11-21/h3,5-6,9-10,18H,4,7-8,12-13H2,1-2H3/t18-/m1/s1. The smallest absolute Gasteiger partial charge is 0.202 e. The van der Waals surface area contributed by atoms with Crippen LogP contribution in [0.25, 0.3) is 0 Å². The summed E-state index contributed by atoms with van der Waals surface area (Å²) >= 11 is 0. The molecule has 0 spiro atoms. The van der Waals surface area contributed by atoms with E-state index in [-0.39, 0.29) is 18.5 Å². The predicted molar refractivity (Wildman–Crippen MR) is 93.9 cm³/mol. The van der Waals surface area contributed by atoms with Crippen LogP contribution in [-0.4, -0.2) is 29.7 Å². The van der Waals surface area contributed by atoms with Gasteiger partial charge < -0.3 is 14.0 Å². The first-order valence-corrected chi connectivity index (χ1v) is 8.53. The molecule has 1 aliphatic rings. The summed E-state index contributed by atoms with van der Waals surface area (Å²) in [5, 5.41) is 8.92. The van der Waals surface area contributed by atoms with Gasteiger partial charge in [-0.2, -0.15) is 5.26 Å². The van der Waals surface area contributed by atoms with Crippen LogP contribution in [-0.2, 0) is 11.3 Å². The van der Waals surface area contributed by atoms with Crippen molar-refractivity contribution in [1.82, 2.24) is 4.57 Å². The lowest BCUT2D eigenvalue weighted by Gasteiger charge is -2.14. The van der Waals surface area contributed by atoms with E-state index < -0.39 is 0 Å². The lowest BCUT2D eigenvalue weighted by molar-refractivity contribution is 0.0914. The Labute approximate surface area is 147 Å². The lowest BCUT2D eigenvalue weighted by atomic mass is 10.1. The third kappa shape index (κ3) is 3.92. The van der Waals surface area contributed by atoms with Gasteiger partial charge in [0.2, 0.25) is 5.78 Å². The maximum absolute atomic E-state index is 12.6. The minimum atomic E-state index is -0.0611. The first-order chi connectivity index (χ1) is 12.1. The summed E-state index contributed by atoms with van der Waals surface area (Å²) in [5.74, 6) is 0.467. The Morgan fingerprint density at radius 1 is 1.40 bits per heavy atom. The van der Waals surface area contributed by atoms with E-state index in [0.29, 0.717) is 16.9 Å². The Morgan fingerprint density at radius 3 is 2.96 bits per heavy atom. The average Bonchev–Trinajstić information content (AvgIpc) is 3.23. The maximum Gasteiger partial charge on any atom is 0.202 e. The van der Waals surface area contributed by atoms with Crippen LogP contribution in [0, 0.1) is 25.2 Å². The molecule has 0 N–H and O–H groups in total. The third-order valence-corrected chi connectivity index (χ3v) is 4.62. The zero-order chi connectivity index (χ0) is 17.8. The van der Waals surface area contributed by atoms with Crippen LogP contribution in [0.1, 0.15) is 40.2 Å². The molecule has 1 atom stereocenters. The zero-order valence-electron chi connectivity index (χ0n) is 14.6. The van der Waals surface area contributed by atoms with Crippen molar-refractivity contribution in [3.63, 3.8) is 0 Å². The Balaban J connectivity index is 1.68. The number of carbonyl (C=O) groups excluding carboxylic acids is 1. The van der Waals surface area contributed by atoms with Gasteiger partial charge in [-0.25, -0.2) is 0 Å². The number of aryl methyl sites for hydroxylation is 1. The van der Waals surface area contributed by atoms with E-state index in [1.165, 1.54) is 0 Å². The van der Waals surface area contributed by atoms with E-state index in [2.05, 4.69) is 10.6 Å². The number of carbonyl (C=O) groups is 1. The number of benzene rings is 1. The van der Waals surface area contributed by atoms with E-state index >= 15 is 0 Å². The molecule has 0 saturated carbocycles. The van der Waals surface area contributed by atoms with E-state index in [1.54, 1.807) is 24.3 Å². The summed E-state index contributed by atoms with van der Waals surface area (Å²) in [6, 6.07) is 10.8. The van der Waals surface area contributed by atoms with Gasteiger partial charge in [-0.15, -0.1) is 0 Å². The fraction of sp³-hybridized carbons (Fsp3) is 0.400. The second kappa shape index (κ2) is 7.54. The molecule has 0 unspecified atom stereocenters. The number of nitrogens with zero attached hydrogens (tertiary/aromatic N) is 2. The number of hydrogen-bond acceptors (Lipinski definition) is 4. The quantitative estimate of drug-likeness (QED) is 0.757. The highest BCUT2D eigenvalue weighted by atomic mass is 16.5. The number of rotatable bonds is 6. The highest BCUT2D eigenvalue weighted by Crippen LogP contribution is 2.21. The molecule has 1 aromatic heterocycles. The van der Waals surface area contributed by atoms with Gasteiger partial charge in [-0.05, 0) is 51.0 Å². The predicted octanol–water partition coefficient (Wildman–Crippen LogP) is 3.42. The van der Waals surface area contributed by atoms with Gasteiger partial charge in [0.1, 0.15) is 5.75 Å². The van der Waals surface area contributed by atoms with Gasteiger partial charge in [0.25, 0.3) is 0 Å². The van der Waals surface area contributed by atoms with E-state index in [9.17, 15) is 4.79 Å². The molecule has 5 heteroatoms. The Hall–Kier alpha value is -2.58. The largest absolute Gasteiger partial charge is 0.485 e. The molecule has 0 aliphatic carbocycles. The molecule has 1 fully saturated rings. The van der Waals surface area contributed by atoms with Gasteiger partial charge in [-0.1, -0.05) is 6.07 Å². The molecule has 2 heterocycles. The zero-order valence-corrected chi connectivity index (χ0v) is 14.6. The van der Waals surface area contributed by atoms with Crippen molar-refractivity contribution < 1.29 is 14.3 Å². The summed E-state index contributed by atoms with van der Waals surface area (Å²) in [4.78, 5) is 12.6. The number of ether oxygens (including phenoxy) is 2. The molecule has 0 amide bonds. The van der Waals surface area contributed by atoms with Crippen LogP contribution in [0.15, 0.2) is 30.3 Å². The molecular formula is C20H22N2O3. The number of Topliss-reactive ketones (excluding diaryl/α,β-unsaturated/α-hetero) is 1. The molecule has 1 saturated heterocycles. The molecule has 0 bridgehead atoms. The highest BCUT2D eigenvalue weighted by Gasteiger charge is 2.21. The number of aromatic nitrogens is 1. The normalized spacial score (nSPS) is 16.6. The van der Waals surface area contributed by atoms with Gasteiger partial charge >= 0.3 is 0 Å². The van der Waals surface area contributed by atoms with Gasteiger partial charge in [0, 0.05) is 30.1 Å². The third-order valence-electron chi connectivity index (χ3n) is 4.62. The lowest BCUT2D eigenvalue weighted by Crippen LogP contribution is -2.18. The minimum absolute atomic E-state index is 0.0426. The Morgan fingerprint density at radius 2 is 2.24 bits per heavy atom. The number of nitriles is 1. The molecule has 1 aliphatic heterocycles. The van der Waals surface area contributed by atoms with Crippen molar-refractivity contribution in [3.8, 4) is 11.8 Å². The topological polar surface area (TPSA) is 64.2 Å². The molecule has 25 heavy (non-hydrogen) atoms. The second-order valence-corrected chi connectivity index (χ2v) is 6.38. The van der Waals surface area contributed by atoms with Gasteiger partial charge in [0.15, 0.2) is 6.61 Å². The summed E-state index contributed by atoms with van der Waals surface area (Å²) in [5.41, 5.74) is 3.21. The van der Waals surface area contributed by atoms with E-state index in [1.807, 2.05) is 19.9 Å². The minimum Gasteiger partial charge on any atom is -0.485 e. The number of ketones is 1. The van der Waals surface area contributed by atoms with Crippen molar-refractivity contribution in [2.75, 3.05) is 13.2 Å². The molecular weight excluding hydrogens is 316 g/mol. The molecule has 3 rings (SSSR count). The second-order valence-electron chi connectivity index (χ2n) is 6.38. The Bertz CT molecular complexity index is 811. The number of hydrogen-bond donors (Lipinski definition) is 0. The first kappa shape index (κ1) is 17.2. The highest BCUT2D eigenvalue weighted by molar-refractivity contribution is 5.98.